The third kappa shape index (κ3) is 5.19. The van der Waals surface area contributed by atoms with Gasteiger partial charge in [0.25, 0.3) is 0 Å². The SMILES string of the molecule is Cc1cc(C)cc(N2CCC(N[C@@H]3COCC[C@@H]3OCC(N)=O)CC2)c1. The molecule has 3 rings (SSSR count). The summed E-state index contributed by atoms with van der Waals surface area (Å²) in [7, 11) is 0. The number of hydrogen-bond donors (Lipinski definition) is 2. The molecule has 1 aromatic carbocycles. The van der Waals surface area contributed by atoms with E-state index < -0.39 is 5.91 Å². The number of piperidine rings is 1. The van der Waals surface area contributed by atoms with Gasteiger partial charge in [-0.05, 0) is 56.4 Å². The minimum atomic E-state index is -0.419. The van der Waals surface area contributed by atoms with Gasteiger partial charge in [-0.15, -0.1) is 0 Å². The smallest absolute Gasteiger partial charge is 0.243 e. The van der Waals surface area contributed by atoms with Crippen molar-refractivity contribution in [3.63, 3.8) is 0 Å². The van der Waals surface area contributed by atoms with Gasteiger partial charge < -0.3 is 25.4 Å². The first-order valence-corrected chi connectivity index (χ1v) is 9.58. The van der Waals surface area contributed by atoms with Crippen molar-refractivity contribution in [2.75, 3.05) is 37.8 Å². The first-order valence-electron chi connectivity index (χ1n) is 9.58. The molecule has 2 saturated heterocycles. The summed E-state index contributed by atoms with van der Waals surface area (Å²) in [5.41, 5.74) is 9.16. The summed E-state index contributed by atoms with van der Waals surface area (Å²) in [4.78, 5) is 13.5. The van der Waals surface area contributed by atoms with E-state index in [0.717, 1.165) is 32.4 Å². The molecule has 1 amide bonds. The Kier molecular flexibility index (Phi) is 6.51. The summed E-state index contributed by atoms with van der Waals surface area (Å²) >= 11 is 0. The fourth-order valence-electron chi connectivity index (χ4n) is 4.00. The summed E-state index contributed by atoms with van der Waals surface area (Å²) in [6, 6.07) is 7.32. The van der Waals surface area contributed by atoms with Gasteiger partial charge >= 0.3 is 0 Å². The van der Waals surface area contributed by atoms with Crippen molar-refractivity contribution in [3.8, 4) is 0 Å². The zero-order valence-electron chi connectivity index (χ0n) is 15.9. The molecule has 1 aromatic rings. The van der Waals surface area contributed by atoms with Crippen LogP contribution in [0.15, 0.2) is 18.2 Å². The molecule has 0 radical (unpaired) electrons. The van der Waals surface area contributed by atoms with Gasteiger partial charge in [-0.25, -0.2) is 0 Å². The minimum Gasteiger partial charge on any atom is -0.380 e. The predicted octanol–water partition coefficient (Wildman–Crippen LogP) is 1.52. The summed E-state index contributed by atoms with van der Waals surface area (Å²) in [5, 5.41) is 3.70. The number of carbonyl (C=O) groups excluding carboxylic acids is 1. The Morgan fingerprint density at radius 2 is 1.92 bits per heavy atom. The quantitative estimate of drug-likeness (QED) is 0.803. The average Bonchev–Trinajstić information content (AvgIpc) is 2.61. The van der Waals surface area contributed by atoms with Crippen molar-refractivity contribution < 1.29 is 14.3 Å². The van der Waals surface area contributed by atoms with E-state index in [2.05, 4.69) is 42.3 Å². The van der Waals surface area contributed by atoms with Crippen LogP contribution in [0, 0.1) is 13.8 Å². The molecule has 2 aliphatic heterocycles. The van der Waals surface area contributed by atoms with E-state index in [1.165, 1.54) is 16.8 Å². The van der Waals surface area contributed by atoms with E-state index in [4.69, 9.17) is 15.2 Å². The van der Waals surface area contributed by atoms with Gasteiger partial charge in [-0.2, -0.15) is 0 Å². The van der Waals surface area contributed by atoms with Crippen molar-refractivity contribution >= 4 is 11.6 Å². The number of amides is 1. The lowest BCUT2D eigenvalue weighted by atomic mass is 9.99. The Labute approximate surface area is 156 Å². The van der Waals surface area contributed by atoms with Crippen molar-refractivity contribution in [3.05, 3.63) is 29.3 Å². The normalized spacial score (nSPS) is 24.6. The summed E-state index contributed by atoms with van der Waals surface area (Å²) in [5.74, 6) is -0.419. The largest absolute Gasteiger partial charge is 0.380 e. The Morgan fingerprint density at radius 1 is 1.23 bits per heavy atom. The van der Waals surface area contributed by atoms with Crippen LogP contribution in [0.4, 0.5) is 5.69 Å². The van der Waals surface area contributed by atoms with Crippen LogP contribution >= 0.6 is 0 Å². The highest BCUT2D eigenvalue weighted by Gasteiger charge is 2.30. The molecule has 0 bridgehead atoms. The number of benzene rings is 1. The number of rotatable bonds is 6. The van der Waals surface area contributed by atoms with Crippen LogP contribution in [0.3, 0.4) is 0 Å². The molecule has 2 fully saturated rings. The number of nitrogens with zero attached hydrogens (tertiary/aromatic N) is 1. The van der Waals surface area contributed by atoms with E-state index in [-0.39, 0.29) is 18.8 Å². The van der Waals surface area contributed by atoms with E-state index in [1.54, 1.807) is 0 Å². The molecule has 26 heavy (non-hydrogen) atoms. The van der Waals surface area contributed by atoms with Crippen LogP contribution in [0.5, 0.6) is 0 Å². The molecular weight excluding hydrogens is 330 g/mol. The van der Waals surface area contributed by atoms with Gasteiger partial charge in [0.05, 0.1) is 18.8 Å². The highest BCUT2D eigenvalue weighted by atomic mass is 16.5. The summed E-state index contributed by atoms with van der Waals surface area (Å²) < 4.78 is 11.3. The van der Waals surface area contributed by atoms with Crippen molar-refractivity contribution in [2.24, 2.45) is 5.73 Å². The molecule has 0 spiro atoms. The number of nitrogens with one attached hydrogen (secondary N) is 1. The van der Waals surface area contributed by atoms with Crippen LogP contribution in [0.25, 0.3) is 0 Å². The first-order chi connectivity index (χ1) is 12.5. The molecule has 0 aliphatic carbocycles. The highest BCUT2D eigenvalue weighted by Crippen LogP contribution is 2.23. The van der Waals surface area contributed by atoms with Gasteiger partial charge in [0.1, 0.15) is 6.61 Å². The molecule has 0 saturated carbocycles. The molecule has 2 atom stereocenters. The molecule has 2 heterocycles. The molecule has 0 aromatic heterocycles. The van der Waals surface area contributed by atoms with Gasteiger partial charge in [-0.1, -0.05) is 6.07 Å². The number of carbonyl (C=O) groups is 1. The number of aryl methyl sites for hydroxylation is 2. The molecule has 6 nitrogen and oxygen atoms in total. The maximum absolute atomic E-state index is 11.0. The Hall–Kier alpha value is -1.63. The number of nitrogens with two attached hydrogens (primary N) is 1. The standard InChI is InChI=1S/C20H31N3O3/c1-14-9-15(2)11-17(10-14)23-6-3-16(4-7-23)22-18-12-25-8-5-19(18)26-13-20(21)24/h9-11,16,18-19,22H,3-8,12-13H2,1-2H3,(H2,21,24)/t18-,19+/m1/s1. The fourth-order valence-corrected chi connectivity index (χ4v) is 4.00. The van der Waals surface area contributed by atoms with Gasteiger partial charge in [0.2, 0.25) is 5.91 Å². The molecule has 3 N–H and O–H groups in total. The third-order valence-corrected chi connectivity index (χ3v) is 5.25. The van der Waals surface area contributed by atoms with Crippen LogP contribution in [0.2, 0.25) is 0 Å². The van der Waals surface area contributed by atoms with Gasteiger partial charge in [0.15, 0.2) is 0 Å². The Balaban J connectivity index is 1.51. The van der Waals surface area contributed by atoms with E-state index in [9.17, 15) is 4.79 Å². The maximum atomic E-state index is 11.0. The van der Waals surface area contributed by atoms with Crippen LogP contribution in [0.1, 0.15) is 30.4 Å². The average molecular weight is 361 g/mol. The van der Waals surface area contributed by atoms with Crippen LogP contribution in [-0.4, -0.2) is 57.0 Å². The first kappa shape index (κ1) is 19.1. The molecule has 2 aliphatic rings. The second-order valence-corrected chi connectivity index (χ2v) is 7.56. The molecule has 6 heteroatoms. The predicted molar refractivity (Wildman–Crippen MR) is 102 cm³/mol. The lowest BCUT2D eigenvalue weighted by molar-refractivity contribution is -0.128. The zero-order valence-corrected chi connectivity index (χ0v) is 15.9. The topological polar surface area (TPSA) is 76.8 Å². The highest BCUT2D eigenvalue weighted by molar-refractivity contribution is 5.75. The van der Waals surface area contributed by atoms with Crippen LogP contribution < -0.4 is 16.0 Å². The van der Waals surface area contributed by atoms with Crippen molar-refractivity contribution in [1.82, 2.24) is 5.32 Å². The summed E-state index contributed by atoms with van der Waals surface area (Å²) in [6.45, 7) is 7.67. The van der Waals surface area contributed by atoms with Crippen molar-refractivity contribution in [2.45, 2.75) is 51.3 Å². The molecular formula is C20H31N3O3. The van der Waals surface area contributed by atoms with Crippen molar-refractivity contribution in [1.29, 1.82) is 0 Å². The maximum Gasteiger partial charge on any atom is 0.243 e. The fraction of sp³-hybridized carbons (Fsp3) is 0.650. The number of ether oxygens (including phenoxy) is 2. The third-order valence-electron chi connectivity index (χ3n) is 5.25. The molecule has 0 unspecified atom stereocenters. The zero-order chi connectivity index (χ0) is 18.5. The monoisotopic (exact) mass is 361 g/mol. The number of anilines is 1. The lowest BCUT2D eigenvalue weighted by Crippen LogP contribution is -2.54. The lowest BCUT2D eigenvalue weighted by Gasteiger charge is -2.39. The number of hydrogen-bond acceptors (Lipinski definition) is 5. The number of primary amides is 1. The van der Waals surface area contributed by atoms with Gasteiger partial charge in [0, 0.05) is 31.4 Å². The van der Waals surface area contributed by atoms with E-state index >= 15 is 0 Å². The minimum absolute atomic E-state index is 0.00583. The Bertz CT molecular complexity index is 594. The second kappa shape index (κ2) is 8.84. The van der Waals surface area contributed by atoms with Crippen LogP contribution in [-0.2, 0) is 14.3 Å². The Morgan fingerprint density at radius 3 is 2.58 bits per heavy atom. The second-order valence-electron chi connectivity index (χ2n) is 7.56. The van der Waals surface area contributed by atoms with Gasteiger partial charge in [-0.3, -0.25) is 4.79 Å². The van der Waals surface area contributed by atoms with E-state index in [0.29, 0.717) is 19.3 Å². The summed E-state index contributed by atoms with van der Waals surface area (Å²) in [6.07, 6.45) is 2.97. The molecule has 144 valence electrons. The van der Waals surface area contributed by atoms with E-state index in [1.807, 2.05) is 0 Å².